The molecule has 1 rings (SSSR count). The van der Waals surface area contributed by atoms with Crippen molar-refractivity contribution < 1.29 is 9.90 Å². The predicted molar refractivity (Wildman–Crippen MR) is 55.8 cm³/mol. The minimum absolute atomic E-state index is 0. The summed E-state index contributed by atoms with van der Waals surface area (Å²) in [6.07, 6.45) is 4.75. The molecule has 0 aromatic carbocycles. The smallest absolute Gasteiger partial charge is 0.320 e. The maximum absolute atomic E-state index is 10.3. The van der Waals surface area contributed by atoms with Crippen molar-refractivity contribution in [2.75, 3.05) is 0 Å². The Morgan fingerprint density at radius 3 is 2.36 bits per heavy atom. The maximum Gasteiger partial charge on any atom is 0.320 e. The number of carbonyl (C=O) groups is 1. The van der Waals surface area contributed by atoms with Crippen molar-refractivity contribution in [3.05, 3.63) is 24.3 Å². The van der Waals surface area contributed by atoms with Crippen molar-refractivity contribution in [2.45, 2.75) is 12.5 Å². The Hall–Kier alpha value is -0.910. The number of nitrogens with two attached hydrogens (primary N) is 1. The Morgan fingerprint density at radius 1 is 1.43 bits per heavy atom. The van der Waals surface area contributed by atoms with Crippen molar-refractivity contribution in [1.29, 1.82) is 0 Å². The van der Waals surface area contributed by atoms with Crippen LogP contribution in [-0.2, 0) is 11.2 Å². The molecule has 0 aliphatic heterocycles. The second-order valence-corrected chi connectivity index (χ2v) is 2.40. The average Bonchev–Trinajstić information content (AvgIpc) is 2.06. The van der Waals surface area contributed by atoms with Crippen molar-refractivity contribution in [3.63, 3.8) is 0 Å². The number of rotatable bonds is 3. The number of aromatic nitrogens is 2. The summed E-state index contributed by atoms with van der Waals surface area (Å²) in [5.41, 5.74) is 6.02. The van der Waals surface area contributed by atoms with Crippen LogP contribution < -0.4 is 5.73 Å². The quantitative estimate of drug-likeness (QED) is 0.791. The molecule has 3 N–H and O–H groups in total. The number of carboxylic acids is 1. The Morgan fingerprint density at radius 2 is 1.93 bits per heavy atom. The lowest BCUT2D eigenvalue weighted by Crippen LogP contribution is -2.32. The van der Waals surface area contributed by atoms with Crippen LogP contribution in [0.1, 0.15) is 5.56 Å². The van der Waals surface area contributed by atoms with Gasteiger partial charge in [0.2, 0.25) is 0 Å². The highest BCUT2D eigenvalue weighted by atomic mass is 35.5. The summed E-state index contributed by atoms with van der Waals surface area (Å²) in [4.78, 5) is 17.8. The van der Waals surface area contributed by atoms with Crippen LogP contribution in [0, 0.1) is 0 Å². The molecule has 0 saturated carbocycles. The van der Waals surface area contributed by atoms with Gasteiger partial charge >= 0.3 is 5.97 Å². The molecule has 0 amide bonds. The second kappa shape index (κ2) is 7.49. The van der Waals surface area contributed by atoms with E-state index in [2.05, 4.69) is 9.97 Å². The summed E-state index contributed by atoms with van der Waals surface area (Å²) in [6, 6.07) is -0.879. The van der Waals surface area contributed by atoms with Crippen LogP contribution in [-0.4, -0.2) is 27.1 Å². The molecule has 1 aromatic rings. The first-order chi connectivity index (χ1) is 5.70. The van der Waals surface area contributed by atoms with E-state index in [1.807, 2.05) is 0 Å². The zero-order valence-corrected chi connectivity index (χ0v) is 8.79. The summed E-state index contributed by atoms with van der Waals surface area (Å²) in [5, 5.41) is 8.48. The third-order valence-corrected chi connectivity index (χ3v) is 1.39. The van der Waals surface area contributed by atoms with Crippen LogP contribution in [0.4, 0.5) is 0 Å². The highest BCUT2D eigenvalue weighted by Crippen LogP contribution is 1.97. The van der Waals surface area contributed by atoms with Gasteiger partial charge in [0.25, 0.3) is 0 Å². The van der Waals surface area contributed by atoms with Crippen molar-refractivity contribution in [1.82, 2.24) is 9.97 Å². The first-order valence-corrected chi connectivity index (χ1v) is 3.42. The fourth-order valence-electron chi connectivity index (χ4n) is 0.777. The second-order valence-electron chi connectivity index (χ2n) is 2.40. The zero-order chi connectivity index (χ0) is 8.97. The third-order valence-electron chi connectivity index (χ3n) is 1.39. The first kappa shape index (κ1) is 15.6. The van der Waals surface area contributed by atoms with Gasteiger partial charge in [-0.2, -0.15) is 0 Å². The molecule has 1 atom stereocenters. The number of carboxylic acid groups (broad SMARTS) is 1. The lowest BCUT2D eigenvalue weighted by molar-refractivity contribution is -0.138. The molecule has 0 aliphatic rings. The van der Waals surface area contributed by atoms with E-state index in [1.165, 1.54) is 6.33 Å². The van der Waals surface area contributed by atoms with Gasteiger partial charge in [0.05, 0.1) is 0 Å². The van der Waals surface area contributed by atoms with E-state index in [4.69, 9.17) is 10.8 Å². The lowest BCUT2D eigenvalue weighted by atomic mass is 10.1. The first-order valence-electron chi connectivity index (χ1n) is 3.42. The highest BCUT2D eigenvalue weighted by Gasteiger charge is 2.11. The third kappa shape index (κ3) is 4.96. The lowest BCUT2D eigenvalue weighted by Gasteiger charge is -2.03. The molecule has 0 saturated heterocycles. The topological polar surface area (TPSA) is 89.1 Å². The van der Waals surface area contributed by atoms with Crippen LogP contribution in [0.25, 0.3) is 0 Å². The minimum atomic E-state index is -1.01. The molecule has 80 valence electrons. The van der Waals surface area contributed by atoms with Crippen LogP contribution in [0.2, 0.25) is 0 Å². The number of halogens is 2. The summed E-state index contributed by atoms with van der Waals surface area (Å²) in [7, 11) is 0. The fourth-order valence-corrected chi connectivity index (χ4v) is 0.777. The number of hydrogen-bond donors (Lipinski definition) is 2. The van der Waals surface area contributed by atoms with Gasteiger partial charge in [0, 0.05) is 18.8 Å². The molecule has 0 bridgehead atoms. The standard InChI is InChI=1S/C7H9N3O2.2ClH/c8-6(7(11)12)1-5-2-9-4-10-3-5;;/h2-4,6H,1,8H2,(H,11,12);2*1H. The Kier molecular flexibility index (Phi) is 8.32. The SMILES string of the molecule is Cl.Cl.NC(Cc1cncnc1)C(=O)O. The monoisotopic (exact) mass is 239 g/mol. The summed E-state index contributed by atoms with van der Waals surface area (Å²) >= 11 is 0. The van der Waals surface area contributed by atoms with Gasteiger partial charge in [-0.25, -0.2) is 9.97 Å². The summed E-state index contributed by atoms with van der Waals surface area (Å²) in [5.74, 6) is -1.01. The van der Waals surface area contributed by atoms with E-state index in [0.717, 1.165) is 5.56 Å². The van der Waals surface area contributed by atoms with Crippen molar-refractivity contribution in [2.24, 2.45) is 5.73 Å². The van der Waals surface area contributed by atoms with E-state index >= 15 is 0 Å². The Labute approximate surface area is 93.6 Å². The van der Waals surface area contributed by atoms with E-state index in [1.54, 1.807) is 12.4 Å². The van der Waals surface area contributed by atoms with Crippen molar-refractivity contribution in [3.8, 4) is 0 Å². The molecular formula is C7H11Cl2N3O2. The Balaban J connectivity index is 0. The maximum atomic E-state index is 10.3. The number of hydrogen-bond acceptors (Lipinski definition) is 4. The van der Waals surface area contributed by atoms with E-state index in [0.29, 0.717) is 0 Å². The molecule has 0 fully saturated rings. The van der Waals surface area contributed by atoms with E-state index in [9.17, 15) is 4.79 Å². The predicted octanol–water partition coefficient (Wildman–Crippen LogP) is 0.275. The van der Waals surface area contributed by atoms with Gasteiger partial charge in [-0.1, -0.05) is 0 Å². The highest BCUT2D eigenvalue weighted by molar-refractivity contribution is 5.85. The minimum Gasteiger partial charge on any atom is -0.480 e. The van der Waals surface area contributed by atoms with Crippen LogP contribution in [0.15, 0.2) is 18.7 Å². The van der Waals surface area contributed by atoms with Crippen molar-refractivity contribution >= 4 is 30.8 Å². The van der Waals surface area contributed by atoms with E-state index in [-0.39, 0.29) is 31.2 Å². The van der Waals surface area contributed by atoms with Gasteiger partial charge in [-0.15, -0.1) is 24.8 Å². The van der Waals surface area contributed by atoms with E-state index < -0.39 is 12.0 Å². The molecule has 1 unspecified atom stereocenters. The normalized spacial score (nSPS) is 10.6. The molecule has 1 heterocycles. The van der Waals surface area contributed by atoms with Gasteiger partial charge in [-0.3, -0.25) is 4.79 Å². The number of nitrogens with zero attached hydrogens (tertiary/aromatic N) is 2. The van der Waals surface area contributed by atoms with Gasteiger partial charge in [-0.05, 0) is 5.56 Å². The largest absolute Gasteiger partial charge is 0.480 e. The summed E-state index contributed by atoms with van der Waals surface area (Å²) in [6.45, 7) is 0. The Bertz CT molecular complexity index is 271. The molecule has 0 radical (unpaired) electrons. The average molecular weight is 240 g/mol. The molecular weight excluding hydrogens is 229 g/mol. The molecule has 0 spiro atoms. The molecule has 14 heavy (non-hydrogen) atoms. The van der Waals surface area contributed by atoms with Crippen LogP contribution in [0.5, 0.6) is 0 Å². The van der Waals surface area contributed by atoms with Gasteiger partial charge < -0.3 is 10.8 Å². The summed E-state index contributed by atoms with van der Waals surface area (Å²) < 4.78 is 0. The molecule has 5 nitrogen and oxygen atoms in total. The number of aliphatic carboxylic acids is 1. The van der Waals surface area contributed by atoms with Gasteiger partial charge in [0.15, 0.2) is 0 Å². The van der Waals surface area contributed by atoms with Crippen LogP contribution in [0.3, 0.4) is 0 Å². The van der Waals surface area contributed by atoms with Gasteiger partial charge in [0.1, 0.15) is 12.4 Å². The molecule has 7 heteroatoms. The van der Waals surface area contributed by atoms with Crippen LogP contribution >= 0.6 is 24.8 Å². The fraction of sp³-hybridized carbons (Fsp3) is 0.286. The molecule has 0 aliphatic carbocycles. The zero-order valence-electron chi connectivity index (χ0n) is 7.16. The molecule has 1 aromatic heterocycles.